The molecule has 5 heteroatoms. The van der Waals surface area contributed by atoms with E-state index in [0.717, 1.165) is 21.5 Å². The van der Waals surface area contributed by atoms with Crippen LogP contribution in [0.15, 0.2) is 47.6 Å². The Labute approximate surface area is 122 Å². The molecule has 4 nitrogen and oxygen atoms in total. The number of amides is 1. The predicted molar refractivity (Wildman–Crippen MR) is 80.7 cm³/mol. The number of rotatable bonds is 4. The van der Waals surface area contributed by atoms with Crippen LogP contribution in [0.25, 0.3) is 0 Å². The van der Waals surface area contributed by atoms with Crippen LogP contribution in [0, 0.1) is 19.1 Å². The van der Waals surface area contributed by atoms with Crippen molar-refractivity contribution in [3.63, 3.8) is 0 Å². The Morgan fingerprint density at radius 3 is 2.55 bits per heavy atom. The van der Waals surface area contributed by atoms with E-state index in [1.54, 1.807) is 18.2 Å². The Balaban J connectivity index is 1.98. The maximum absolute atomic E-state index is 12.0. The van der Waals surface area contributed by atoms with Crippen molar-refractivity contribution >= 4 is 23.4 Å². The van der Waals surface area contributed by atoms with E-state index in [9.17, 15) is 10.0 Å². The van der Waals surface area contributed by atoms with Crippen LogP contribution in [0.3, 0.4) is 0 Å². The number of carbonyl (C=O) groups is 1. The fourth-order valence-electron chi connectivity index (χ4n) is 1.85. The average Bonchev–Trinajstić information content (AvgIpc) is 2.42. The van der Waals surface area contributed by atoms with Crippen LogP contribution in [-0.4, -0.2) is 11.7 Å². The van der Waals surface area contributed by atoms with Crippen molar-refractivity contribution in [3.8, 4) is 0 Å². The maximum Gasteiger partial charge on any atom is 0.251 e. The first-order valence-electron chi connectivity index (χ1n) is 6.25. The van der Waals surface area contributed by atoms with E-state index < -0.39 is 0 Å². The Morgan fingerprint density at radius 1 is 1.20 bits per heavy atom. The Bertz CT molecular complexity index is 609. The molecule has 104 valence electrons. The molecule has 1 heterocycles. The van der Waals surface area contributed by atoms with Crippen LogP contribution in [-0.2, 0) is 4.79 Å². The van der Waals surface area contributed by atoms with Gasteiger partial charge in [-0.2, -0.15) is 4.73 Å². The highest BCUT2D eigenvalue weighted by Crippen LogP contribution is 2.20. The fraction of sp³-hybridized carbons (Fsp3) is 0.200. The number of nitrogens with zero attached hydrogens (tertiary/aromatic N) is 1. The predicted octanol–water partition coefficient (Wildman–Crippen LogP) is 2.67. The molecule has 0 saturated carbocycles. The van der Waals surface area contributed by atoms with Crippen molar-refractivity contribution in [3.05, 3.63) is 58.9 Å². The lowest BCUT2D eigenvalue weighted by atomic mass is 10.1. The summed E-state index contributed by atoms with van der Waals surface area (Å²) in [5, 5.41) is 14.9. The minimum absolute atomic E-state index is 0.115. The summed E-state index contributed by atoms with van der Waals surface area (Å²) in [5.41, 5.74) is 2.91. The smallest absolute Gasteiger partial charge is 0.251 e. The Kier molecular flexibility index (Phi) is 4.63. The van der Waals surface area contributed by atoms with Gasteiger partial charge in [-0.25, -0.2) is 0 Å². The summed E-state index contributed by atoms with van der Waals surface area (Å²) < 4.78 is 0.761. The van der Waals surface area contributed by atoms with Gasteiger partial charge in [0.05, 0.1) is 5.75 Å². The van der Waals surface area contributed by atoms with E-state index in [4.69, 9.17) is 0 Å². The van der Waals surface area contributed by atoms with Gasteiger partial charge < -0.3 is 10.5 Å². The number of para-hydroxylation sites is 1. The number of aryl methyl sites for hydroxylation is 2. The van der Waals surface area contributed by atoms with E-state index in [0.29, 0.717) is 5.03 Å². The molecular weight excluding hydrogens is 272 g/mol. The summed E-state index contributed by atoms with van der Waals surface area (Å²) in [6.07, 6.45) is 1.42. The molecule has 1 amide bonds. The SMILES string of the molecule is Cc1cccc(C)c1NC(=O)CSc1cccc[n+]1[O-]. The summed E-state index contributed by atoms with van der Waals surface area (Å²) >= 11 is 1.22. The van der Waals surface area contributed by atoms with Crippen molar-refractivity contribution < 1.29 is 9.52 Å². The van der Waals surface area contributed by atoms with Crippen LogP contribution in [0.4, 0.5) is 5.69 Å². The molecule has 0 radical (unpaired) electrons. The van der Waals surface area contributed by atoms with E-state index in [-0.39, 0.29) is 11.7 Å². The van der Waals surface area contributed by atoms with Gasteiger partial charge in [0.1, 0.15) is 0 Å². The molecule has 20 heavy (non-hydrogen) atoms. The summed E-state index contributed by atoms with van der Waals surface area (Å²) in [4.78, 5) is 12.0. The van der Waals surface area contributed by atoms with Gasteiger partial charge in [0.2, 0.25) is 5.91 Å². The molecule has 2 rings (SSSR count). The zero-order chi connectivity index (χ0) is 14.5. The normalized spacial score (nSPS) is 10.3. The van der Waals surface area contributed by atoms with Crippen LogP contribution in [0.1, 0.15) is 11.1 Å². The second kappa shape index (κ2) is 6.43. The standard InChI is InChI=1S/C15H16N2O2S/c1-11-6-5-7-12(2)15(11)16-13(18)10-20-14-8-3-4-9-17(14)19/h3-9H,10H2,1-2H3,(H,16,18). The summed E-state index contributed by atoms with van der Waals surface area (Å²) in [7, 11) is 0. The molecule has 0 atom stereocenters. The maximum atomic E-state index is 12.0. The minimum Gasteiger partial charge on any atom is -0.618 e. The van der Waals surface area contributed by atoms with Gasteiger partial charge in [0.15, 0.2) is 6.20 Å². The number of carbonyl (C=O) groups excluding carboxylic acids is 1. The van der Waals surface area contributed by atoms with Crippen molar-refractivity contribution in [1.29, 1.82) is 0 Å². The van der Waals surface area contributed by atoms with E-state index in [2.05, 4.69) is 5.32 Å². The van der Waals surface area contributed by atoms with Crippen molar-refractivity contribution in [2.45, 2.75) is 18.9 Å². The van der Waals surface area contributed by atoms with Gasteiger partial charge in [0.25, 0.3) is 5.03 Å². The number of thioether (sulfide) groups is 1. The highest BCUT2D eigenvalue weighted by atomic mass is 32.2. The zero-order valence-electron chi connectivity index (χ0n) is 11.4. The highest BCUT2D eigenvalue weighted by molar-refractivity contribution is 7.99. The largest absolute Gasteiger partial charge is 0.618 e. The molecule has 2 aromatic rings. The molecular formula is C15H16N2O2S. The third kappa shape index (κ3) is 3.51. The number of hydrogen-bond acceptors (Lipinski definition) is 3. The number of hydrogen-bond donors (Lipinski definition) is 1. The Morgan fingerprint density at radius 2 is 1.90 bits per heavy atom. The lowest BCUT2D eigenvalue weighted by molar-refractivity contribution is -0.645. The molecule has 0 aliphatic rings. The molecule has 0 bridgehead atoms. The van der Waals surface area contributed by atoms with E-state index in [1.165, 1.54) is 18.0 Å². The third-order valence-electron chi connectivity index (χ3n) is 2.89. The second-order valence-corrected chi connectivity index (χ2v) is 5.46. The summed E-state index contributed by atoms with van der Waals surface area (Å²) in [6.45, 7) is 3.91. The monoisotopic (exact) mass is 288 g/mol. The molecule has 0 fully saturated rings. The third-order valence-corrected chi connectivity index (χ3v) is 3.90. The van der Waals surface area contributed by atoms with Gasteiger partial charge in [-0.05, 0) is 42.8 Å². The van der Waals surface area contributed by atoms with Gasteiger partial charge >= 0.3 is 0 Å². The van der Waals surface area contributed by atoms with E-state index >= 15 is 0 Å². The molecule has 1 aromatic carbocycles. The van der Waals surface area contributed by atoms with Crippen LogP contribution in [0.5, 0.6) is 0 Å². The molecule has 0 unspecified atom stereocenters. The fourth-order valence-corrected chi connectivity index (χ4v) is 2.57. The van der Waals surface area contributed by atoms with E-state index in [1.807, 2.05) is 32.0 Å². The first kappa shape index (κ1) is 14.4. The van der Waals surface area contributed by atoms with Gasteiger partial charge in [0, 0.05) is 17.8 Å². The van der Waals surface area contributed by atoms with Gasteiger partial charge in [-0.3, -0.25) is 4.79 Å². The molecule has 1 N–H and O–H groups in total. The lowest BCUT2D eigenvalue weighted by Crippen LogP contribution is -2.28. The topological polar surface area (TPSA) is 56.0 Å². The molecule has 0 saturated heterocycles. The second-order valence-electron chi connectivity index (χ2n) is 4.47. The Hall–Kier alpha value is -2.01. The van der Waals surface area contributed by atoms with Gasteiger partial charge in [-0.1, -0.05) is 18.2 Å². The van der Waals surface area contributed by atoms with Crippen LogP contribution in [0.2, 0.25) is 0 Å². The molecule has 0 spiro atoms. The lowest BCUT2D eigenvalue weighted by Gasteiger charge is -2.11. The average molecular weight is 288 g/mol. The highest BCUT2D eigenvalue weighted by Gasteiger charge is 2.11. The number of nitrogens with one attached hydrogen (secondary N) is 1. The summed E-state index contributed by atoms with van der Waals surface area (Å²) in [6, 6.07) is 11.0. The first-order valence-corrected chi connectivity index (χ1v) is 7.23. The van der Waals surface area contributed by atoms with Crippen molar-refractivity contribution in [2.24, 2.45) is 0 Å². The number of pyridine rings is 1. The molecule has 1 aromatic heterocycles. The zero-order valence-corrected chi connectivity index (χ0v) is 12.2. The van der Waals surface area contributed by atoms with Crippen LogP contribution >= 0.6 is 11.8 Å². The number of aromatic nitrogens is 1. The van der Waals surface area contributed by atoms with Crippen molar-refractivity contribution in [2.75, 3.05) is 11.1 Å². The number of anilines is 1. The summed E-state index contributed by atoms with van der Waals surface area (Å²) in [5.74, 6) is 0.0938. The van der Waals surface area contributed by atoms with Crippen molar-refractivity contribution in [1.82, 2.24) is 0 Å². The molecule has 0 aliphatic carbocycles. The quantitative estimate of drug-likeness (QED) is 0.534. The first-order chi connectivity index (χ1) is 9.58. The molecule has 0 aliphatic heterocycles. The minimum atomic E-state index is -0.115. The number of benzene rings is 1. The van der Waals surface area contributed by atoms with Gasteiger partial charge in [-0.15, -0.1) is 0 Å². The van der Waals surface area contributed by atoms with Crippen LogP contribution < -0.4 is 10.0 Å².